The van der Waals surface area contributed by atoms with E-state index in [-0.39, 0.29) is 0 Å². The van der Waals surface area contributed by atoms with Gasteiger partial charge >= 0.3 is 7.12 Å². The average molecular weight is 332 g/mol. The SMILES string of the molecule is CC1(C)OB(c2nc3ccccc3nc2-c2ccccc2)OC1(C)C. The van der Waals surface area contributed by atoms with E-state index in [1.54, 1.807) is 0 Å². The summed E-state index contributed by atoms with van der Waals surface area (Å²) < 4.78 is 12.5. The van der Waals surface area contributed by atoms with Gasteiger partial charge in [-0.3, -0.25) is 4.98 Å². The van der Waals surface area contributed by atoms with Gasteiger partial charge in [0.15, 0.2) is 0 Å². The molecular formula is C20H21BN2O2. The van der Waals surface area contributed by atoms with E-state index in [4.69, 9.17) is 19.3 Å². The Bertz CT molecular complexity index is 909. The summed E-state index contributed by atoms with van der Waals surface area (Å²) in [5.74, 6) is 0. The van der Waals surface area contributed by atoms with Crippen molar-refractivity contribution in [2.24, 2.45) is 0 Å². The van der Waals surface area contributed by atoms with Gasteiger partial charge in [0, 0.05) is 5.56 Å². The second-order valence-electron chi connectivity index (χ2n) is 7.40. The summed E-state index contributed by atoms with van der Waals surface area (Å²) in [6.45, 7) is 8.18. The molecule has 1 saturated heterocycles. The van der Waals surface area contributed by atoms with Gasteiger partial charge in [-0.25, -0.2) is 4.98 Å². The van der Waals surface area contributed by atoms with Crippen molar-refractivity contribution in [3.8, 4) is 11.3 Å². The number of rotatable bonds is 2. The highest BCUT2D eigenvalue weighted by atomic mass is 16.7. The van der Waals surface area contributed by atoms with E-state index in [9.17, 15) is 0 Å². The summed E-state index contributed by atoms with van der Waals surface area (Å²) >= 11 is 0. The van der Waals surface area contributed by atoms with Gasteiger partial charge in [0.25, 0.3) is 0 Å². The Morgan fingerprint density at radius 2 is 1.24 bits per heavy atom. The van der Waals surface area contributed by atoms with E-state index in [0.29, 0.717) is 0 Å². The molecule has 2 heterocycles. The smallest absolute Gasteiger partial charge is 0.398 e. The minimum Gasteiger partial charge on any atom is -0.398 e. The summed E-state index contributed by atoms with van der Waals surface area (Å²) in [6.07, 6.45) is 0. The maximum atomic E-state index is 6.24. The zero-order valence-corrected chi connectivity index (χ0v) is 15.0. The zero-order chi connectivity index (χ0) is 17.7. The van der Waals surface area contributed by atoms with Crippen LogP contribution in [-0.2, 0) is 9.31 Å². The molecule has 1 fully saturated rings. The number of benzene rings is 2. The highest BCUT2D eigenvalue weighted by Crippen LogP contribution is 2.37. The third-order valence-corrected chi connectivity index (χ3v) is 5.12. The molecule has 0 unspecified atom stereocenters. The van der Waals surface area contributed by atoms with Crippen LogP contribution in [0.5, 0.6) is 0 Å². The van der Waals surface area contributed by atoms with Gasteiger partial charge in [0.05, 0.1) is 33.5 Å². The van der Waals surface area contributed by atoms with E-state index >= 15 is 0 Å². The molecule has 0 amide bonds. The molecule has 2 aromatic carbocycles. The molecule has 1 aliphatic rings. The lowest BCUT2D eigenvalue weighted by Crippen LogP contribution is -2.41. The van der Waals surface area contributed by atoms with E-state index in [1.165, 1.54) is 0 Å². The fourth-order valence-electron chi connectivity index (χ4n) is 2.94. The van der Waals surface area contributed by atoms with Crippen LogP contribution in [0.2, 0.25) is 0 Å². The molecule has 0 spiro atoms. The minimum absolute atomic E-state index is 0.418. The molecular weight excluding hydrogens is 311 g/mol. The molecule has 0 aliphatic carbocycles. The highest BCUT2D eigenvalue weighted by Gasteiger charge is 2.53. The molecule has 0 bridgehead atoms. The first-order valence-electron chi connectivity index (χ1n) is 8.55. The van der Waals surface area contributed by atoms with E-state index < -0.39 is 18.3 Å². The molecule has 1 aromatic heterocycles. The molecule has 1 aliphatic heterocycles. The van der Waals surface area contributed by atoms with Crippen molar-refractivity contribution in [1.29, 1.82) is 0 Å². The van der Waals surface area contributed by atoms with Crippen LogP contribution in [0.3, 0.4) is 0 Å². The topological polar surface area (TPSA) is 44.2 Å². The number of hydrogen-bond acceptors (Lipinski definition) is 4. The largest absolute Gasteiger partial charge is 0.516 e. The first kappa shape index (κ1) is 16.2. The van der Waals surface area contributed by atoms with Gasteiger partial charge < -0.3 is 9.31 Å². The van der Waals surface area contributed by atoms with Gasteiger partial charge in [0.1, 0.15) is 0 Å². The van der Waals surface area contributed by atoms with Crippen LogP contribution >= 0.6 is 0 Å². The predicted molar refractivity (Wildman–Crippen MR) is 101 cm³/mol. The molecule has 3 aromatic rings. The standard InChI is InChI=1S/C20H21BN2O2/c1-19(2)20(3,4)25-21(24-19)18-17(14-10-6-5-7-11-14)22-15-12-8-9-13-16(15)23-18/h5-13H,1-4H3. The fourth-order valence-corrected chi connectivity index (χ4v) is 2.94. The molecule has 25 heavy (non-hydrogen) atoms. The first-order valence-corrected chi connectivity index (χ1v) is 8.55. The third kappa shape index (κ3) is 2.73. The number of aromatic nitrogens is 2. The van der Waals surface area contributed by atoms with Gasteiger partial charge in [-0.15, -0.1) is 0 Å². The Balaban J connectivity index is 1.90. The fraction of sp³-hybridized carbons (Fsp3) is 0.300. The number of nitrogens with zero attached hydrogens (tertiary/aromatic N) is 2. The summed E-state index contributed by atoms with van der Waals surface area (Å²) in [6, 6.07) is 17.9. The number of fused-ring (bicyclic) bond motifs is 1. The van der Waals surface area contributed by atoms with Crippen LogP contribution in [0, 0.1) is 0 Å². The van der Waals surface area contributed by atoms with Crippen molar-refractivity contribution >= 4 is 23.7 Å². The Kier molecular flexibility index (Phi) is 3.67. The van der Waals surface area contributed by atoms with Gasteiger partial charge in [0.2, 0.25) is 0 Å². The van der Waals surface area contributed by atoms with Crippen LogP contribution in [0.1, 0.15) is 27.7 Å². The van der Waals surface area contributed by atoms with Crippen molar-refractivity contribution < 1.29 is 9.31 Å². The van der Waals surface area contributed by atoms with Crippen LogP contribution in [0.15, 0.2) is 54.6 Å². The maximum absolute atomic E-state index is 6.24. The normalized spacial score (nSPS) is 18.6. The van der Waals surface area contributed by atoms with Crippen LogP contribution < -0.4 is 5.59 Å². The first-order chi connectivity index (χ1) is 11.9. The third-order valence-electron chi connectivity index (χ3n) is 5.12. The quantitative estimate of drug-likeness (QED) is 0.673. The lowest BCUT2D eigenvalue weighted by Gasteiger charge is -2.32. The van der Waals surface area contributed by atoms with Crippen molar-refractivity contribution in [3.63, 3.8) is 0 Å². The van der Waals surface area contributed by atoms with Gasteiger partial charge in [-0.2, -0.15) is 0 Å². The lowest BCUT2D eigenvalue weighted by molar-refractivity contribution is 0.00578. The lowest BCUT2D eigenvalue weighted by atomic mass is 9.81. The number of para-hydroxylation sites is 2. The zero-order valence-electron chi connectivity index (χ0n) is 15.0. The van der Waals surface area contributed by atoms with Crippen LogP contribution in [0.25, 0.3) is 22.3 Å². The molecule has 4 nitrogen and oxygen atoms in total. The Morgan fingerprint density at radius 1 is 0.720 bits per heavy atom. The van der Waals surface area contributed by atoms with E-state index in [1.807, 2.05) is 82.3 Å². The highest BCUT2D eigenvalue weighted by molar-refractivity contribution is 6.62. The summed E-state index contributed by atoms with van der Waals surface area (Å²) in [4.78, 5) is 9.72. The molecule has 5 heteroatoms. The maximum Gasteiger partial charge on any atom is 0.516 e. The van der Waals surface area contributed by atoms with Crippen LogP contribution in [-0.4, -0.2) is 28.3 Å². The van der Waals surface area contributed by atoms with E-state index in [0.717, 1.165) is 27.9 Å². The van der Waals surface area contributed by atoms with E-state index in [2.05, 4.69) is 0 Å². The monoisotopic (exact) mass is 332 g/mol. The minimum atomic E-state index is -0.544. The second kappa shape index (κ2) is 5.65. The molecule has 126 valence electrons. The van der Waals surface area contributed by atoms with Crippen molar-refractivity contribution in [3.05, 3.63) is 54.6 Å². The van der Waals surface area contributed by atoms with Gasteiger partial charge in [-0.05, 0) is 39.8 Å². The van der Waals surface area contributed by atoms with Crippen molar-refractivity contribution in [2.45, 2.75) is 38.9 Å². The number of hydrogen-bond donors (Lipinski definition) is 0. The molecule has 0 saturated carbocycles. The predicted octanol–water partition coefficient (Wildman–Crippen LogP) is 3.60. The molecule has 0 N–H and O–H groups in total. The molecule has 0 atom stereocenters. The van der Waals surface area contributed by atoms with Crippen LogP contribution in [0.4, 0.5) is 0 Å². The molecule has 0 radical (unpaired) electrons. The van der Waals surface area contributed by atoms with Crippen molar-refractivity contribution in [1.82, 2.24) is 9.97 Å². The van der Waals surface area contributed by atoms with Crippen molar-refractivity contribution in [2.75, 3.05) is 0 Å². The Labute approximate surface area is 148 Å². The Hall–Kier alpha value is -2.24. The summed E-state index contributed by atoms with van der Waals surface area (Å²) in [7, 11) is -0.544. The average Bonchev–Trinajstić information content (AvgIpc) is 2.82. The van der Waals surface area contributed by atoms with Gasteiger partial charge in [-0.1, -0.05) is 42.5 Å². The summed E-state index contributed by atoms with van der Waals surface area (Å²) in [5.41, 5.74) is 3.40. The Morgan fingerprint density at radius 3 is 1.84 bits per heavy atom. The second-order valence-corrected chi connectivity index (χ2v) is 7.40. The summed E-state index contributed by atoms with van der Waals surface area (Å²) in [5, 5.41) is 0. The molecule has 4 rings (SSSR count).